The first-order valence-electron chi connectivity index (χ1n) is 6.91. The average Bonchev–Trinajstić information content (AvgIpc) is 3.01. The number of amides is 2. The molecule has 0 spiro atoms. The molecule has 0 aromatic carbocycles. The van der Waals surface area contributed by atoms with Crippen LogP contribution in [-0.2, 0) is 6.54 Å². The number of hydrogen-bond donors (Lipinski definition) is 3. The van der Waals surface area contributed by atoms with E-state index < -0.39 is 5.91 Å². The topological polar surface area (TPSA) is 135 Å². The first-order chi connectivity index (χ1) is 11.0. The summed E-state index contributed by atoms with van der Waals surface area (Å²) >= 11 is 0. The third kappa shape index (κ3) is 4.46. The Kier molecular flexibility index (Phi) is 5.18. The molecule has 2 aromatic heterocycles. The van der Waals surface area contributed by atoms with Crippen LogP contribution in [0, 0.1) is 0 Å². The molecule has 0 fully saturated rings. The predicted octanol–water partition coefficient (Wildman–Crippen LogP) is -0.0305. The highest BCUT2D eigenvalue weighted by Gasteiger charge is 2.14. The van der Waals surface area contributed by atoms with Crippen molar-refractivity contribution in [2.75, 3.05) is 12.4 Å². The number of anilines is 1. The van der Waals surface area contributed by atoms with Crippen LogP contribution in [0.1, 0.15) is 40.7 Å². The van der Waals surface area contributed by atoms with Crippen molar-refractivity contribution in [2.24, 2.45) is 0 Å². The van der Waals surface area contributed by atoms with Crippen LogP contribution in [-0.4, -0.2) is 45.0 Å². The largest absolute Gasteiger partial charge is 0.352 e. The van der Waals surface area contributed by atoms with Gasteiger partial charge < -0.3 is 20.5 Å². The molecule has 0 aliphatic heterocycles. The molecule has 10 heteroatoms. The standard InChI is InChI=1S/C13H17N7O3/c1-7(2)18-13-16-4-8(5-17-13)11(21)15-6-9-19-10(20-23-9)12(22)14-3/h4-5,7H,6H2,1-3H3,(H,14,22)(H,15,21)(H,16,17,18). The zero-order chi connectivity index (χ0) is 16.8. The van der Waals surface area contributed by atoms with Gasteiger partial charge in [-0.3, -0.25) is 9.59 Å². The van der Waals surface area contributed by atoms with Gasteiger partial charge in [-0.2, -0.15) is 4.98 Å². The lowest BCUT2D eigenvalue weighted by Crippen LogP contribution is -2.24. The number of carbonyl (C=O) groups is 2. The van der Waals surface area contributed by atoms with Gasteiger partial charge in [0, 0.05) is 25.5 Å². The summed E-state index contributed by atoms with van der Waals surface area (Å²) in [6, 6.07) is 0.196. The zero-order valence-electron chi connectivity index (χ0n) is 13.0. The van der Waals surface area contributed by atoms with Crippen LogP contribution in [0.25, 0.3) is 0 Å². The first-order valence-corrected chi connectivity index (χ1v) is 6.91. The summed E-state index contributed by atoms with van der Waals surface area (Å²) in [7, 11) is 1.46. The van der Waals surface area contributed by atoms with E-state index in [0.717, 1.165) is 0 Å². The zero-order valence-corrected chi connectivity index (χ0v) is 13.0. The molecule has 2 amide bonds. The predicted molar refractivity (Wildman–Crippen MR) is 79.6 cm³/mol. The van der Waals surface area contributed by atoms with E-state index in [1.165, 1.54) is 19.4 Å². The van der Waals surface area contributed by atoms with Crippen LogP contribution in [0.4, 0.5) is 5.95 Å². The van der Waals surface area contributed by atoms with Crippen LogP contribution >= 0.6 is 0 Å². The van der Waals surface area contributed by atoms with Crippen LogP contribution in [0.5, 0.6) is 0 Å². The molecule has 10 nitrogen and oxygen atoms in total. The fourth-order valence-electron chi connectivity index (χ4n) is 1.57. The molecule has 0 radical (unpaired) electrons. The fourth-order valence-corrected chi connectivity index (χ4v) is 1.57. The minimum absolute atomic E-state index is 0.00514. The number of nitrogens with zero attached hydrogens (tertiary/aromatic N) is 4. The fraction of sp³-hybridized carbons (Fsp3) is 0.385. The molecule has 23 heavy (non-hydrogen) atoms. The summed E-state index contributed by atoms with van der Waals surface area (Å²) in [5, 5.41) is 11.5. The number of hydrogen-bond acceptors (Lipinski definition) is 8. The minimum Gasteiger partial charge on any atom is -0.352 e. The molecular weight excluding hydrogens is 302 g/mol. The second-order valence-corrected chi connectivity index (χ2v) is 4.87. The van der Waals surface area contributed by atoms with Crippen LogP contribution in [0.3, 0.4) is 0 Å². The van der Waals surface area contributed by atoms with Gasteiger partial charge in [-0.05, 0) is 13.8 Å². The molecule has 0 aliphatic carbocycles. The first kappa shape index (κ1) is 16.3. The van der Waals surface area contributed by atoms with Gasteiger partial charge in [-0.15, -0.1) is 0 Å². The molecule has 3 N–H and O–H groups in total. The quantitative estimate of drug-likeness (QED) is 0.675. The Labute approximate surface area is 132 Å². The second kappa shape index (κ2) is 7.29. The summed E-state index contributed by atoms with van der Waals surface area (Å²) in [5.41, 5.74) is 0.297. The van der Waals surface area contributed by atoms with E-state index in [4.69, 9.17) is 4.52 Å². The Hall–Kier alpha value is -3.04. The Balaban J connectivity index is 1.91. The summed E-state index contributed by atoms with van der Waals surface area (Å²) in [6.07, 6.45) is 2.83. The smallest absolute Gasteiger partial charge is 0.292 e. The maximum absolute atomic E-state index is 12.0. The van der Waals surface area contributed by atoms with Gasteiger partial charge in [0.1, 0.15) is 0 Å². The van der Waals surface area contributed by atoms with Crippen LogP contribution < -0.4 is 16.0 Å². The minimum atomic E-state index is -0.465. The van der Waals surface area contributed by atoms with E-state index in [0.29, 0.717) is 11.5 Å². The number of nitrogens with one attached hydrogen (secondary N) is 3. The van der Waals surface area contributed by atoms with E-state index in [1.807, 2.05) is 13.8 Å². The van der Waals surface area contributed by atoms with E-state index >= 15 is 0 Å². The van der Waals surface area contributed by atoms with Gasteiger partial charge in [-0.25, -0.2) is 9.97 Å². The lowest BCUT2D eigenvalue weighted by Gasteiger charge is -2.07. The summed E-state index contributed by atoms with van der Waals surface area (Å²) in [6.45, 7) is 3.91. The summed E-state index contributed by atoms with van der Waals surface area (Å²) in [5.74, 6) is -0.377. The monoisotopic (exact) mass is 319 g/mol. The van der Waals surface area contributed by atoms with Gasteiger partial charge in [0.15, 0.2) is 0 Å². The maximum atomic E-state index is 12.0. The highest BCUT2D eigenvalue weighted by molar-refractivity contribution is 5.93. The van der Waals surface area contributed by atoms with E-state index in [2.05, 4.69) is 36.1 Å². The Morgan fingerprint density at radius 3 is 2.52 bits per heavy atom. The van der Waals surface area contributed by atoms with Gasteiger partial charge in [0.25, 0.3) is 17.6 Å². The Bertz CT molecular complexity index is 681. The highest BCUT2D eigenvalue weighted by atomic mass is 16.5. The number of rotatable bonds is 6. The molecular formula is C13H17N7O3. The molecule has 0 aliphatic rings. The maximum Gasteiger partial charge on any atom is 0.292 e. The van der Waals surface area contributed by atoms with E-state index in [-0.39, 0.29) is 30.2 Å². The molecule has 122 valence electrons. The molecule has 0 bridgehead atoms. The van der Waals surface area contributed by atoms with Crippen LogP contribution in [0.15, 0.2) is 16.9 Å². The summed E-state index contributed by atoms with van der Waals surface area (Å²) in [4.78, 5) is 35.2. The van der Waals surface area contributed by atoms with Gasteiger partial charge >= 0.3 is 0 Å². The van der Waals surface area contributed by atoms with Gasteiger partial charge in [0.05, 0.1) is 12.1 Å². The van der Waals surface area contributed by atoms with Gasteiger partial charge in [-0.1, -0.05) is 5.16 Å². The lowest BCUT2D eigenvalue weighted by molar-refractivity contribution is 0.0938. The van der Waals surface area contributed by atoms with E-state index in [1.54, 1.807) is 0 Å². The Morgan fingerprint density at radius 1 is 1.22 bits per heavy atom. The van der Waals surface area contributed by atoms with Gasteiger partial charge in [0.2, 0.25) is 11.8 Å². The normalized spacial score (nSPS) is 10.4. The van der Waals surface area contributed by atoms with Crippen molar-refractivity contribution in [2.45, 2.75) is 26.4 Å². The molecule has 0 unspecified atom stereocenters. The molecule has 2 aromatic rings. The molecule has 0 saturated heterocycles. The van der Waals surface area contributed by atoms with Crippen molar-refractivity contribution in [3.63, 3.8) is 0 Å². The van der Waals surface area contributed by atoms with Crippen molar-refractivity contribution in [1.82, 2.24) is 30.7 Å². The highest BCUT2D eigenvalue weighted by Crippen LogP contribution is 2.03. The van der Waals surface area contributed by atoms with Crippen molar-refractivity contribution >= 4 is 17.8 Å². The second-order valence-electron chi connectivity index (χ2n) is 4.87. The van der Waals surface area contributed by atoms with Crippen molar-refractivity contribution < 1.29 is 14.1 Å². The van der Waals surface area contributed by atoms with Crippen LogP contribution in [0.2, 0.25) is 0 Å². The molecule has 0 atom stereocenters. The Morgan fingerprint density at radius 2 is 1.91 bits per heavy atom. The molecule has 2 heterocycles. The lowest BCUT2D eigenvalue weighted by atomic mass is 10.3. The van der Waals surface area contributed by atoms with Crippen molar-refractivity contribution in [1.29, 1.82) is 0 Å². The molecule has 0 saturated carbocycles. The number of carbonyl (C=O) groups excluding carboxylic acids is 2. The molecule has 2 rings (SSSR count). The third-order valence-electron chi connectivity index (χ3n) is 2.63. The van der Waals surface area contributed by atoms with Crippen molar-refractivity contribution in [3.05, 3.63) is 29.7 Å². The van der Waals surface area contributed by atoms with E-state index in [9.17, 15) is 9.59 Å². The SMILES string of the molecule is CNC(=O)c1noc(CNC(=O)c2cnc(NC(C)C)nc2)n1. The third-order valence-corrected chi connectivity index (χ3v) is 2.63. The van der Waals surface area contributed by atoms with Crippen molar-refractivity contribution in [3.8, 4) is 0 Å². The average molecular weight is 319 g/mol. The number of aromatic nitrogens is 4. The summed E-state index contributed by atoms with van der Waals surface area (Å²) < 4.78 is 4.86.